The monoisotopic (exact) mass is 845 g/mol. The number of aliphatic hydroxyl groups is 5. The quantitative estimate of drug-likeness (QED) is 0.0792. The Bertz CT molecular complexity index is 1340. The normalized spacial score (nSPS) is 36.1. The first kappa shape index (κ1) is 49.3. The highest BCUT2D eigenvalue weighted by Gasteiger charge is 2.53. The van der Waals surface area contributed by atoms with Gasteiger partial charge >= 0.3 is 0 Å². The fourth-order valence-corrected chi connectivity index (χ4v) is 8.89. The molecule has 2 heterocycles. The number of hydrogen-bond acceptors (Lipinski definition) is 15. The van der Waals surface area contributed by atoms with Gasteiger partial charge in [-0.3, -0.25) is 19.2 Å². The van der Waals surface area contributed by atoms with Crippen LogP contribution < -0.4 is 10.6 Å². The molecule has 6 unspecified atom stereocenters. The SMILES string of the molecule is CCC1CC(C(=O)CCCNC(=O)CCOC)C[C@@H](O[C@@H]2O[C@@H](CO)[C@H](O)C(O[C@@H](CC3CCCCC3)C(=O)N(C)C)C2NC(C)=O)[C@@H]1OC1O[C@@H](C)[C@H](O)C(O)[C@@H]1O. The minimum atomic E-state index is -1.63. The summed E-state index contributed by atoms with van der Waals surface area (Å²) >= 11 is 0. The zero-order valence-corrected chi connectivity index (χ0v) is 35.6. The number of Topliss-reactive ketones (excluding diaryl/α,β-unsaturated/α-hetero) is 1. The van der Waals surface area contributed by atoms with Gasteiger partial charge in [0.2, 0.25) is 11.8 Å². The van der Waals surface area contributed by atoms with E-state index in [-0.39, 0.29) is 55.3 Å². The van der Waals surface area contributed by atoms with Crippen LogP contribution >= 0.6 is 0 Å². The summed E-state index contributed by atoms with van der Waals surface area (Å²) < 4.78 is 36.7. The van der Waals surface area contributed by atoms with Crippen LogP contribution in [0.5, 0.6) is 0 Å². The number of carbonyl (C=O) groups excluding carboxylic acids is 4. The third-order valence-corrected chi connectivity index (χ3v) is 12.3. The zero-order valence-electron chi connectivity index (χ0n) is 35.6. The number of nitrogens with one attached hydrogen (secondary N) is 2. The zero-order chi connectivity index (χ0) is 43.4. The van der Waals surface area contributed by atoms with Crippen LogP contribution in [-0.4, -0.2) is 175 Å². The second-order valence-corrected chi connectivity index (χ2v) is 17.0. The number of methoxy groups -OCH3 is 1. The summed E-state index contributed by atoms with van der Waals surface area (Å²) in [4.78, 5) is 53.8. The van der Waals surface area contributed by atoms with Gasteiger partial charge in [-0.1, -0.05) is 45.4 Å². The molecule has 0 aromatic rings. The molecule has 0 spiro atoms. The molecule has 7 N–H and O–H groups in total. The lowest BCUT2D eigenvalue weighted by atomic mass is 9.74. The van der Waals surface area contributed by atoms with Crippen LogP contribution in [0, 0.1) is 17.8 Å². The Balaban J connectivity index is 1.65. The van der Waals surface area contributed by atoms with E-state index in [9.17, 15) is 44.7 Å². The van der Waals surface area contributed by atoms with Gasteiger partial charge in [-0.2, -0.15) is 0 Å². The molecule has 15 atom stereocenters. The van der Waals surface area contributed by atoms with E-state index >= 15 is 0 Å². The third-order valence-electron chi connectivity index (χ3n) is 12.3. The van der Waals surface area contributed by atoms with Crippen molar-refractivity contribution in [2.24, 2.45) is 17.8 Å². The predicted molar refractivity (Wildman–Crippen MR) is 210 cm³/mol. The Morgan fingerprint density at radius 3 is 2.22 bits per heavy atom. The maximum Gasteiger partial charge on any atom is 0.251 e. The van der Waals surface area contributed by atoms with Crippen molar-refractivity contribution >= 4 is 23.5 Å². The highest BCUT2D eigenvalue weighted by Crippen LogP contribution is 2.40. The Morgan fingerprint density at radius 2 is 1.59 bits per heavy atom. The van der Waals surface area contributed by atoms with Gasteiger partial charge in [-0.15, -0.1) is 0 Å². The van der Waals surface area contributed by atoms with Gasteiger partial charge in [0.05, 0.1) is 31.5 Å². The number of carbonyl (C=O) groups is 4. The second kappa shape index (κ2) is 23.7. The van der Waals surface area contributed by atoms with E-state index in [1.807, 2.05) is 6.92 Å². The van der Waals surface area contributed by atoms with Gasteiger partial charge in [-0.25, -0.2) is 0 Å². The van der Waals surface area contributed by atoms with Crippen molar-refractivity contribution in [1.29, 1.82) is 0 Å². The van der Waals surface area contributed by atoms with E-state index < -0.39 is 98.1 Å². The largest absolute Gasteiger partial charge is 0.394 e. The predicted octanol–water partition coefficient (Wildman–Crippen LogP) is -0.0823. The summed E-state index contributed by atoms with van der Waals surface area (Å²) in [6.45, 7) is 4.65. The van der Waals surface area contributed by atoms with Crippen LogP contribution in [0.4, 0.5) is 0 Å². The van der Waals surface area contributed by atoms with Gasteiger partial charge in [0, 0.05) is 53.4 Å². The number of ether oxygens (including phenoxy) is 6. The topological polar surface area (TPSA) is 252 Å². The van der Waals surface area contributed by atoms with E-state index in [2.05, 4.69) is 10.6 Å². The first-order valence-corrected chi connectivity index (χ1v) is 21.5. The summed E-state index contributed by atoms with van der Waals surface area (Å²) in [5, 5.41) is 59.6. The fourth-order valence-electron chi connectivity index (χ4n) is 8.89. The van der Waals surface area contributed by atoms with Crippen LogP contribution in [0.3, 0.4) is 0 Å². The molecule has 18 heteroatoms. The lowest BCUT2D eigenvalue weighted by molar-refractivity contribution is -0.338. The van der Waals surface area contributed by atoms with Crippen molar-refractivity contribution in [3.05, 3.63) is 0 Å². The lowest BCUT2D eigenvalue weighted by Crippen LogP contribution is -2.67. The van der Waals surface area contributed by atoms with E-state index in [4.69, 9.17) is 28.4 Å². The van der Waals surface area contributed by atoms with Crippen molar-refractivity contribution in [1.82, 2.24) is 15.5 Å². The van der Waals surface area contributed by atoms with Gasteiger partial charge in [-0.05, 0) is 44.4 Å². The van der Waals surface area contributed by atoms with Crippen LogP contribution in [-0.2, 0) is 47.6 Å². The van der Waals surface area contributed by atoms with Gasteiger partial charge in [0.1, 0.15) is 54.6 Å². The van der Waals surface area contributed by atoms with Crippen LogP contribution in [0.1, 0.15) is 97.8 Å². The molecule has 0 aromatic carbocycles. The van der Waals surface area contributed by atoms with Crippen LogP contribution in [0.2, 0.25) is 0 Å². The minimum Gasteiger partial charge on any atom is -0.394 e. The van der Waals surface area contributed by atoms with Crippen LogP contribution in [0.15, 0.2) is 0 Å². The number of rotatable bonds is 20. The van der Waals surface area contributed by atoms with Gasteiger partial charge in [0.25, 0.3) is 5.91 Å². The first-order valence-electron chi connectivity index (χ1n) is 21.5. The van der Waals surface area contributed by atoms with Crippen molar-refractivity contribution in [2.75, 3.05) is 41.0 Å². The minimum absolute atomic E-state index is 0.0663. The Morgan fingerprint density at radius 1 is 0.881 bits per heavy atom. The average molecular weight is 846 g/mol. The van der Waals surface area contributed by atoms with Gasteiger partial charge < -0.3 is 69.5 Å². The third kappa shape index (κ3) is 13.6. The first-order chi connectivity index (χ1) is 28.1. The molecule has 3 amide bonds. The standard InChI is InChI=1S/C41H71N3O15/c1-7-25-19-26(27(47)14-11-16-42-31(48)15-17-54-6)20-28(37(25)59-41-36(52)35(51)33(49)22(2)55-41)57-40-32(43-23(3)46)38(34(50)30(21-45)58-40)56-29(39(53)44(4)5)18-24-12-9-8-10-13-24/h22,24-26,28-30,32-38,40-41,45,49-52H,7-21H2,1-6H3,(H,42,48)(H,43,46)/t22-,25?,26?,28+,29-,30-,32?,33-,34-,35?,36-,37+,38?,40+,41?/m0/s1. The molecule has 4 rings (SSSR count). The van der Waals surface area contributed by atoms with E-state index in [0.29, 0.717) is 32.2 Å². The number of ketones is 1. The molecule has 0 bridgehead atoms. The number of likely N-dealkylation sites (N-methyl/N-ethyl adjacent to an activating group) is 1. The molecule has 59 heavy (non-hydrogen) atoms. The lowest BCUT2D eigenvalue weighted by Gasteiger charge is -2.49. The van der Waals surface area contributed by atoms with Crippen LogP contribution in [0.25, 0.3) is 0 Å². The fraction of sp³-hybridized carbons (Fsp3) is 0.902. The van der Waals surface area contributed by atoms with Crippen molar-refractivity contribution in [3.63, 3.8) is 0 Å². The second-order valence-electron chi connectivity index (χ2n) is 17.0. The molecule has 340 valence electrons. The molecule has 2 aliphatic heterocycles. The molecule has 0 aromatic heterocycles. The molecule has 2 saturated carbocycles. The summed E-state index contributed by atoms with van der Waals surface area (Å²) in [7, 11) is 4.74. The summed E-state index contributed by atoms with van der Waals surface area (Å²) in [6.07, 6.45) is -7.98. The van der Waals surface area contributed by atoms with E-state index in [1.54, 1.807) is 14.1 Å². The molecule has 2 saturated heterocycles. The van der Waals surface area contributed by atoms with Crippen molar-refractivity contribution < 1.29 is 73.1 Å². The van der Waals surface area contributed by atoms with E-state index in [1.165, 1.54) is 25.9 Å². The molecule has 18 nitrogen and oxygen atoms in total. The maximum atomic E-state index is 13.8. The molecular formula is C41H71N3O15. The smallest absolute Gasteiger partial charge is 0.251 e. The Kier molecular flexibility index (Phi) is 19.8. The summed E-state index contributed by atoms with van der Waals surface area (Å²) in [6, 6.07) is -1.21. The number of nitrogens with zero attached hydrogens (tertiary/aromatic N) is 1. The van der Waals surface area contributed by atoms with Crippen molar-refractivity contribution in [2.45, 2.75) is 177 Å². The number of amides is 3. The Hall–Kier alpha value is -2.36. The summed E-state index contributed by atoms with van der Waals surface area (Å²) in [5.41, 5.74) is 0. The number of hydrogen-bond donors (Lipinski definition) is 7. The maximum absolute atomic E-state index is 13.8. The Labute approximate surface area is 347 Å². The number of aliphatic hydroxyl groups excluding tert-OH is 5. The summed E-state index contributed by atoms with van der Waals surface area (Å²) in [5.74, 6) is -1.77. The average Bonchev–Trinajstić information content (AvgIpc) is 3.21. The molecule has 4 fully saturated rings. The van der Waals surface area contributed by atoms with Gasteiger partial charge in [0.15, 0.2) is 12.6 Å². The molecule has 0 radical (unpaired) electrons. The molecular weight excluding hydrogens is 774 g/mol. The molecule has 4 aliphatic rings. The molecule has 2 aliphatic carbocycles. The van der Waals surface area contributed by atoms with Crippen molar-refractivity contribution in [3.8, 4) is 0 Å². The van der Waals surface area contributed by atoms with E-state index in [0.717, 1.165) is 32.1 Å². The highest BCUT2D eigenvalue weighted by molar-refractivity contribution is 5.81. The highest BCUT2D eigenvalue weighted by atomic mass is 16.7.